The van der Waals surface area contributed by atoms with Gasteiger partial charge in [0.15, 0.2) is 5.13 Å². The van der Waals surface area contributed by atoms with Gasteiger partial charge in [-0.3, -0.25) is 4.79 Å². The molecule has 2 aromatic carbocycles. The topological polar surface area (TPSA) is 51.2 Å². The van der Waals surface area contributed by atoms with Gasteiger partial charge in [-0.2, -0.15) is 0 Å². The molecule has 1 aliphatic carbocycles. The van der Waals surface area contributed by atoms with Crippen molar-refractivity contribution < 1.29 is 9.53 Å². The van der Waals surface area contributed by atoms with E-state index in [0.717, 1.165) is 41.0 Å². The van der Waals surface area contributed by atoms with E-state index in [1.807, 2.05) is 30.5 Å². The fourth-order valence-electron chi connectivity index (χ4n) is 3.38. The Labute approximate surface area is 173 Å². The molecule has 0 spiro atoms. The maximum absolute atomic E-state index is 12.9. The molecule has 6 heteroatoms. The lowest BCUT2D eigenvalue weighted by Crippen LogP contribution is -2.27. The lowest BCUT2D eigenvalue weighted by Gasteiger charge is -2.15. The summed E-state index contributed by atoms with van der Waals surface area (Å²) in [6.07, 6.45) is 6.39. The van der Waals surface area contributed by atoms with Gasteiger partial charge >= 0.3 is 0 Å². The first-order chi connectivity index (χ1) is 13.6. The van der Waals surface area contributed by atoms with E-state index >= 15 is 0 Å². The predicted molar refractivity (Wildman–Crippen MR) is 116 cm³/mol. The average molecular weight is 411 g/mol. The molecule has 0 aliphatic heterocycles. The maximum atomic E-state index is 12.9. The summed E-state index contributed by atoms with van der Waals surface area (Å²) in [6, 6.07) is 16.3. The van der Waals surface area contributed by atoms with E-state index in [-0.39, 0.29) is 5.91 Å². The number of hydrogen-bond acceptors (Lipinski definition) is 5. The van der Waals surface area contributed by atoms with Crippen LogP contribution >= 0.6 is 23.1 Å². The van der Waals surface area contributed by atoms with Gasteiger partial charge in [0.25, 0.3) is 0 Å². The lowest BCUT2D eigenvalue weighted by molar-refractivity contribution is -0.118. The van der Waals surface area contributed by atoms with Crippen molar-refractivity contribution in [2.24, 2.45) is 0 Å². The Morgan fingerprint density at radius 1 is 1.21 bits per heavy atom. The number of para-hydroxylation sites is 1. The number of carbonyl (C=O) groups is 1. The van der Waals surface area contributed by atoms with Gasteiger partial charge in [0.2, 0.25) is 5.91 Å². The average Bonchev–Trinajstić information content (AvgIpc) is 3.44. The normalized spacial score (nSPS) is 14.5. The molecule has 1 saturated carbocycles. The number of amides is 1. The quantitative estimate of drug-likeness (QED) is 0.548. The van der Waals surface area contributed by atoms with Crippen molar-refractivity contribution in [1.29, 1.82) is 0 Å². The van der Waals surface area contributed by atoms with Gasteiger partial charge in [0.1, 0.15) is 5.75 Å². The van der Waals surface area contributed by atoms with Gasteiger partial charge in [0.05, 0.1) is 12.5 Å². The number of nitrogens with one attached hydrogen (secondary N) is 1. The van der Waals surface area contributed by atoms with E-state index in [0.29, 0.717) is 5.13 Å². The minimum atomic E-state index is -0.397. The fraction of sp³-hybridized carbons (Fsp3) is 0.273. The minimum Gasteiger partial charge on any atom is -0.496 e. The third kappa shape index (κ3) is 3.80. The highest BCUT2D eigenvalue weighted by atomic mass is 32.2. The SMILES string of the molecule is COc1ccccc1Cc1cnc(NC(=O)C2(c3ccc(SC)cc3)CC2)s1. The van der Waals surface area contributed by atoms with Crippen molar-refractivity contribution >= 4 is 34.1 Å². The monoisotopic (exact) mass is 410 g/mol. The van der Waals surface area contributed by atoms with Crippen LogP contribution in [0.1, 0.15) is 28.8 Å². The number of anilines is 1. The van der Waals surface area contributed by atoms with E-state index in [1.165, 1.54) is 16.2 Å². The van der Waals surface area contributed by atoms with Crippen LogP contribution in [0.25, 0.3) is 0 Å². The van der Waals surface area contributed by atoms with E-state index < -0.39 is 5.41 Å². The zero-order chi connectivity index (χ0) is 19.6. The second kappa shape index (κ2) is 7.97. The summed E-state index contributed by atoms with van der Waals surface area (Å²) in [5, 5.41) is 3.69. The van der Waals surface area contributed by atoms with Crippen LogP contribution in [0, 0.1) is 0 Å². The maximum Gasteiger partial charge on any atom is 0.236 e. The molecule has 0 atom stereocenters. The summed E-state index contributed by atoms with van der Waals surface area (Å²) in [4.78, 5) is 19.7. The van der Waals surface area contributed by atoms with Gasteiger partial charge in [-0.25, -0.2) is 4.98 Å². The number of carbonyl (C=O) groups excluding carboxylic acids is 1. The first-order valence-corrected chi connectivity index (χ1v) is 11.2. The van der Waals surface area contributed by atoms with Crippen molar-refractivity contribution in [2.75, 3.05) is 18.7 Å². The van der Waals surface area contributed by atoms with Crippen LogP contribution in [0.5, 0.6) is 5.75 Å². The zero-order valence-corrected chi connectivity index (χ0v) is 17.5. The lowest BCUT2D eigenvalue weighted by atomic mass is 9.95. The van der Waals surface area contributed by atoms with Crippen LogP contribution in [0.4, 0.5) is 5.13 Å². The van der Waals surface area contributed by atoms with E-state index in [4.69, 9.17) is 4.74 Å². The largest absolute Gasteiger partial charge is 0.496 e. The molecule has 4 nitrogen and oxygen atoms in total. The number of ether oxygens (including phenoxy) is 1. The number of nitrogens with zero attached hydrogens (tertiary/aromatic N) is 1. The standard InChI is InChI=1S/C22H22N2O2S2/c1-26-19-6-4-3-5-15(19)13-18-14-23-21(28-18)24-20(25)22(11-12-22)16-7-9-17(27-2)10-8-16/h3-10,14H,11-13H2,1-2H3,(H,23,24,25). The molecular weight excluding hydrogens is 388 g/mol. The molecule has 1 amide bonds. The van der Waals surface area contributed by atoms with Crippen LogP contribution in [-0.2, 0) is 16.6 Å². The second-order valence-electron chi connectivity index (χ2n) is 6.89. The van der Waals surface area contributed by atoms with Crippen molar-refractivity contribution in [1.82, 2.24) is 4.98 Å². The molecule has 144 valence electrons. The molecule has 0 radical (unpaired) electrons. The summed E-state index contributed by atoms with van der Waals surface area (Å²) in [7, 11) is 1.68. The van der Waals surface area contributed by atoms with Gasteiger partial charge < -0.3 is 10.1 Å². The Kier molecular flexibility index (Phi) is 5.42. The van der Waals surface area contributed by atoms with Crippen LogP contribution < -0.4 is 10.1 Å². The second-order valence-corrected chi connectivity index (χ2v) is 8.88. The molecule has 1 N–H and O–H groups in total. The van der Waals surface area contributed by atoms with Gasteiger partial charge in [-0.05, 0) is 48.4 Å². The van der Waals surface area contributed by atoms with Crippen LogP contribution in [-0.4, -0.2) is 24.3 Å². The molecule has 0 unspecified atom stereocenters. The third-order valence-electron chi connectivity index (χ3n) is 5.16. The summed E-state index contributed by atoms with van der Waals surface area (Å²) >= 11 is 3.23. The highest BCUT2D eigenvalue weighted by Gasteiger charge is 2.51. The Hall–Kier alpha value is -2.31. The van der Waals surface area contributed by atoms with E-state index in [2.05, 4.69) is 40.8 Å². The first-order valence-electron chi connectivity index (χ1n) is 9.17. The number of methoxy groups -OCH3 is 1. The predicted octanol–water partition coefficient (Wildman–Crippen LogP) is 5.13. The summed E-state index contributed by atoms with van der Waals surface area (Å²) in [6.45, 7) is 0. The highest BCUT2D eigenvalue weighted by Crippen LogP contribution is 2.49. The van der Waals surface area contributed by atoms with Crippen LogP contribution in [0.15, 0.2) is 59.6 Å². The Balaban J connectivity index is 1.45. The van der Waals surface area contributed by atoms with E-state index in [1.54, 1.807) is 18.9 Å². The molecule has 1 heterocycles. The summed E-state index contributed by atoms with van der Waals surface area (Å²) < 4.78 is 5.42. The number of hydrogen-bond donors (Lipinski definition) is 1. The van der Waals surface area contributed by atoms with Gasteiger partial charge in [-0.1, -0.05) is 30.3 Å². The number of benzene rings is 2. The molecular formula is C22H22N2O2S2. The molecule has 1 aliphatic rings. The number of aromatic nitrogens is 1. The molecule has 4 rings (SSSR count). The zero-order valence-electron chi connectivity index (χ0n) is 15.9. The first kappa shape index (κ1) is 19.0. The fourth-order valence-corrected chi connectivity index (χ4v) is 4.62. The van der Waals surface area contributed by atoms with Crippen molar-refractivity contribution in [2.45, 2.75) is 29.6 Å². The number of rotatable bonds is 7. The molecule has 28 heavy (non-hydrogen) atoms. The van der Waals surface area contributed by atoms with Crippen molar-refractivity contribution in [3.05, 3.63) is 70.7 Å². The Morgan fingerprint density at radius 3 is 2.64 bits per heavy atom. The molecule has 1 fully saturated rings. The number of thiazole rings is 1. The molecule has 0 bridgehead atoms. The van der Waals surface area contributed by atoms with Crippen molar-refractivity contribution in [3.8, 4) is 5.75 Å². The minimum absolute atomic E-state index is 0.0441. The summed E-state index contributed by atoms with van der Waals surface area (Å²) in [5.74, 6) is 0.912. The molecule has 0 saturated heterocycles. The Morgan fingerprint density at radius 2 is 1.96 bits per heavy atom. The highest BCUT2D eigenvalue weighted by molar-refractivity contribution is 7.98. The van der Waals surface area contributed by atoms with Gasteiger partial charge in [-0.15, -0.1) is 23.1 Å². The molecule has 1 aromatic heterocycles. The van der Waals surface area contributed by atoms with Crippen LogP contribution in [0.3, 0.4) is 0 Å². The van der Waals surface area contributed by atoms with E-state index in [9.17, 15) is 4.79 Å². The van der Waals surface area contributed by atoms with Crippen molar-refractivity contribution in [3.63, 3.8) is 0 Å². The molecule has 3 aromatic rings. The Bertz CT molecular complexity index is 978. The smallest absolute Gasteiger partial charge is 0.236 e. The van der Waals surface area contributed by atoms with Crippen LogP contribution in [0.2, 0.25) is 0 Å². The third-order valence-corrected chi connectivity index (χ3v) is 6.81. The summed E-state index contributed by atoms with van der Waals surface area (Å²) in [5.41, 5.74) is 1.80. The van der Waals surface area contributed by atoms with Gasteiger partial charge in [0, 0.05) is 22.4 Å². The number of thioether (sulfide) groups is 1.